The van der Waals surface area contributed by atoms with E-state index in [2.05, 4.69) is 5.32 Å². The molecule has 3 nitrogen and oxygen atoms in total. The summed E-state index contributed by atoms with van der Waals surface area (Å²) >= 11 is 5.78. The van der Waals surface area contributed by atoms with Crippen molar-refractivity contribution in [2.24, 2.45) is 5.73 Å². The quantitative estimate of drug-likeness (QED) is 0.827. The first-order valence-electron chi connectivity index (χ1n) is 5.51. The third kappa shape index (κ3) is 4.50. The summed E-state index contributed by atoms with van der Waals surface area (Å²) in [5.74, 6) is -0.379. The third-order valence-electron chi connectivity index (χ3n) is 2.38. The topological polar surface area (TPSA) is 47.3 Å². The summed E-state index contributed by atoms with van der Waals surface area (Å²) in [6.45, 7) is 5.27. The van der Waals surface area contributed by atoms with Crippen LogP contribution in [0.5, 0.6) is 0 Å². The molecule has 3 N–H and O–H groups in total. The van der Waals surface area contributed by atoms with E-state index in [-0.39, 0.29) is 5.82 Å². The lowest BCUT2D eigenvalue weighted by atomic mass is 10.0. The Bertz CT molecular complexity index is 355. The van der Waals surface area contributed by atoms with E-state index in [1.165, 1.54) is 12.1 Å². The van der Waals surface area contributed by atoms with Crippen molar-refractivity contribution in [1.82, 2.24) is 0 Å². The highest BCUT2D eigenvalue weighted by atomic mass is 35.5. The van der Waals surface area contributed by atoms with E-state index < -0.39 is 5.54 Å². The first kappa shape index (κ1) is 14.2. The molecule has 1 unspecified atom stereocenters. The van der Waals surface area contributed by atoms with Crippen LogP contribution in [0.25, 0.3) is 0 Å². The van der Waals surface area contributed by atoms with Crippen molar-refractivity contribution in [2.45, 2.75) is 19.4 Å². The molecule has 5 heteroatoms. The number of halogens is 2. The number of ether oxygens (including phenoxy) is 1. The maximum absolute atomic E-state index is 13.2. The van der Waals surface area contributed by atoms with Gasteiger partial charge in [0.15, 0.2) is 0 Å². The first-order valence-corrected chi connectivity index (χ1v) is 5.89. The molecule has 1 aromatic rings. The fourth-order valence-electron chi connectivity index (χ4n) is 1.45. The van der Waals surface area contributed by atoms with E-state index in [1.807, 2.05) is 13.8 Å². The van der Waals surface area contributed by atoms with E-state index >= 15 is 0 Å². The SMILES string of the molecule is CCOCC(C)(CN)Nc1cc(F)cc(Cl)c1. The van der Waals surface area contributed by atoms with Crippen LogP contribution in [0.3, 0.4) is 0 Å². The third-order valence-corrected chi connectivity index (χ3v) is 2.60. The Morgan fingerprint density at radius 2 is 2.18 bits per heavy atom. The number of nitrogens with one attached hydrogen (secondary N) is 1. The fourth-order valence-corrected chi connectivity index (χ4v) is 1.67. The number of hydrogen-bond donors (Lipinski definition) is 2. The van der Waals surface area contributed by atoms with Crippen LogP contribution in [0.15, 0.2) is 18.2 Å². The Balaban J connectivity index is 2.79. The van der Waals surface area contributed by atoms with Gasteiger partial charge in [-0.15, -0.1) is 0 Å². The molecule has 0 amide bonds. The van der Waals surface area contributed by atoms with Crippen LogP contribution in [0.2, 0.25) is 5.02 Å². The van der Waals surface area contributed by atoms with Crippen molar-refractivity contribution in [1.29, 1.82) is 0 Å². The molecule has 0 aliphatic heterocycles. The van der Waals surface area contributed by atoms with Crippen molar-refractivity contribution >= 4 is 17.3 Å². The second kappa shape index (κ2) is 6.19. The van der Waals surface area contributed by atoms with Crippen LogP contribution in [0.1, 0.15) is 13.8 Å². The summed E-state index contributed by atoms with van der Waals surface area (Å²) in [5, 5.41) is 3.50. The van der Waals surface area contributed by atoms with E-state index in [9.17, 15) is 4.39 Å². The minimum atomic E-state index is -0.437. The Morgan fingerprint density at radius 3 is 2.71 bits per heavy atom. The van der Waals surface area contributed by atoms with Gasteiger partial charge in [-0.05, 0) is 32.0 Å². The van der Waals surface area contributed by atoms with Crippen LogP contribution in [0.4, 0.5) is 10.1 Å². The van der Waals surface area contributed by atoms with Gasteiger partial charge in [0, 0.05) is 23.9 Å². The number of rotatable bonds is 6. The normalized spacial score (nSPS) is 14.4. The Hall–Kier alpha value is -0.840. The van der Waals surface area contributed by atoms with Gasteiger partial charge < -0.3 is 15.8 Å². The highest BCUT2D eigenvalue weighted by molar-refractivity contribution is 6.30. The van der Waals surface area contributed by atoms with Gasteiger partial charge in [-0.1, -0.05) is 11.6 Å². The maximum Gasteiger partial charge on any atom is 0.126 e. The second-order valence-electron chi connectivity index (χ2n) is 4.19. The molecule has 1 atom stereocenters. The van der Waals surface area contributed by atoms with Crippen molar-refractivity contribution < 1.29 is 9.13 Å². The van der Waals surface area contributed by atoms with Gasteiger partial charge in [-0.3, -0.25) is 0 Å². The van der Waals surface area contributed by atoms with Crippen LogP contribution in [-0.2, 0) is 4.74 Å². The number of nitrogens with two attached hydrogens (primary N) is 1. The highest BCUT2D eigenvalue weighted by Crippen LogP contribution is 2.21. The van der Waals surface area contributed by atoms with Crippen LogP contribution >= 0.6 is 11.6 Å². The molecule has 0 spiro atoms. The van der Waals surface area contributed by atoms with Crippen molar-refractivity contribution in [2.75, 3.05) is 25.1 Å². The largest absolute Gasteiger partial charge is 0.379 e. The van der Waals surface area contributed by atoms with Gasteiger partial charge in [0.1, 0.15) is 5.82 Å². The second-order valence-corrected chi connectivity index (χ2v) is 4.62. The number of benzene rings is 1. The first-order chi connectivity index (χ1) is 7.99. The summed E-state index contributed by atoms with van der Waals surface area (Å²) in [6, 6.07) is 4.30. The molecule has 0 aromatic heterocycles. The minimum Gasteiger partial charge on any atom is -0.379 e. The number of anilines is 1. The molecular weight excluding hydrogens is 243 g/mol. The predicted octanol–water partition coefficient (Wildman–Crippen LogP) is 2.64. The molecule has 17 heavy (non-hydrogen) atoms. The molecule has 0 aliphatic rings. The molecule has 0 fully saturated rings. The predicted molar refractivity (Wildman–Crippen MR) is 69.0 cm³/mol. The van der Waals surface area contributed by atoms with Crippen molar-refractivity contribution in [3.8, 4) is 0 Å². The van der Waals surface area contributed by atoms with Gasteiger partial charge in [0.05, 0.1) is 12.1 Å². The smallest absolute Gasteiger partial charge is 0.126 e. The Morgan fingerprint density at radius 1 is 1.47 bits per heavy atom. The maximum atomic E-state index is 13.2. The molecule has 0 saturated carbocycles. The lowest BCUT2D eigenvalue weighted by Crippen LogP contribution is -2.46. The van der Waals surface area contributed by atoms with Crippen LogP contribution in [0, 0.1) is 5.82 Å². The van der Waals surface area contributed by atoms with Crippen molar-refractivity contribution in [3.05, 3.63) is 29.0 Å². The molecule has 0 radical (unpaired) electrons. The van der Waals surface area contributed by atoms with E-state index in [4.69, 9.17) is 22.1 Å². The molecule has 0 saturated heterocycles. The standard InChI is InChI=1S/C12H18ClFN2O/c1-3-17-8-12(2,7-15)16-11-5-9(13)4-10(14)6-11/h4-6,16H,3,7-8,15H2,1-2H3. The van der Waals surface area contributed by atoms with Gasteiger partial charge in [0.25, 0.3) is 0 Å². The summed E-state index contributed by atoms with van der Waals surface area (Å²) in [4.78, 5) is 0. The van der Waals surface area contributed by atoms with Gasteiger partial charge >= 0.3 is 0 Å². The molecule has 0 bridgehead atoms. The summed E-state index contributed by atoms with van der Waals surface area (Å²) in [7, 11) is 0. The van der Waals surface area contributed by atoms with Gasteiger partial charge in [-0.25, -0.2) is 4.39 Å². The average Bonchev–Trinajstić information content (AvgIpc) is 2.25. The monoisotopic (exact) mass is 260 g/mol. The molecule has 1 rings (SSSR count). The van der Waals surface area contributed by atoms with E-state index in [0.717, 1.165) is 0 Å². The minimum absolute atomic E-state index is 0.350. The summed E-state index contributed by atoms with van der Waals surface area (Å²) in [6.07, 6.45) is 0. The van der Waals surface area contributed by atoms with Gasteiger partial charge in [0.2, 0.25) is 0 Å². The zero-order chi connectivity index (χ0) is 12.9. The average molecular weight is 261 g/mol. The molecule has 1 aromatic carbocycles. The highest BCUT2D eigenvalue weighted by Gasteiger charge is 2.22. The molecule has 96 valence electrons. The molecule has 0 heterocycles. The van der Waals surface area contributed by atoms with E-state index in [1.54, 1.807) is 6.07 Å². The Labute approximate surface area is 106 Å². The zero-order valence-electron chi connectivity index (χ0n) is 10.1. The van der Waals surface area contributed by atoms with Gasteiger partial charge in [-0.2, -0.15) is 0 Å². The summed E-state index contributed by atoms with van der Waals surface area (Å²) in [5.41, 5.74) is 5.86. The fraction of sp³-hybridized carbons (Fsp3) is 0.500. The van der Waals surface area contributed by atoms with Crippen molar-refractivity contribution in [3.63, 3.8) is 0 Å². The Kier molecular flexibility index (Phi) is 5.18. The lowest BCUT2D eigenvalue weighted by Gasteiger charge is -2.30. The molecule has 0 aliphatic carbocycles. The van der Waals surface area contributed by atoms with Crippen LogP contribution < -0.4 is 11.1 Å². The molecular formula is C12H18ClFN2O. The summed E-state index contributed by atoms with van der Waals surface area (Å²) < 4.78 is 18.5. The lowest BCUT2D eigenvalue weighted by molar-refractivity contribution is 0.112. The zero-order valence-corrected chi connectivity index (χ0v) is 10.9. The van der Waals surface area contributed by atoms with Crippen LogP contribution in [-0.4, -0.2) is 25.3 Å². The van der Waals surface area contributed by atoms with E-state index in [0.29, 0.717) is 30.5 Å². The number of hydrogen-bond acceptors (Lipinski definition) is 3.